The van der Waals surface area contributed by atoms with E-state index in [0.717, 1.165) is 12.8 Å². The van der Waals surface area contributed by atoms with Crippen LogP contribution in [-0.4, -0.2) is 25.8 Å². The van der Waals surface area contributed by atoms with Crippen molar-refractivity contribution in [1.29, 1.82) is 0 Å². The van der Waals surface area contributed by atoms with Crippen LogP contribution >= 0.6 is 7.82 Å². The molecule has 0 aliphatic carbocycles. The highest BCUT2D eigenvalue weighted by atomic mass is 31.2. The molecule has 0 bridgehead atoms. The zero-order valence-electron chi connectivity index (χ0n) is 18.3. The topological polar surface area (TPSA) is 71.1 Å². The second kappa shape index (κ2) is 13.5. The van der Waals surface area contributed by atoms with Gasteiger partial charge in [0.2, 0.25) is 0 Å². The molecule has 0 aromatic heterocycles. The molecular weight excluding hydrogens is 391 g/mol. The molecule has 0 unspecified atom stereocenters. The third-order valence-electron chi connectivity index (χ3n) is 5.60. The van der Waals surface area contributed by atoms with Crippen molar-refractivity contribution in [2.45, 2.75) is 97.3 Å². The van der Waals surface area contributed by atoms with Crippen LogP contribution < -0.4 is 0 Å². The summed E-state index contributed by atoms with van der Waals surface area (Å²) in [4.78, 5) is 11.7. The first kappa shape index (κ1) is 24.4. The SMILES string of the molecule is CCCCCCCCCCCCCCCO[P@@]1(=O)OC[C@H]2COC(=O)C2=C(C)O1. The molecule has 29 heavy (non-hydrogen) atoms. The molecule has 0 aromatic rings. The van der Waals surface area contributed by atoms with Gasteiger partial charge in [0.25, 0.3) is 0 Å². The molecule has 0 radical (unpaired) electrons. The summed E-state index contributed by atoms with van der Waals surface area (Å²) in [6.45, 7) is 4.58. The van der Waals surface area contributed by atoms with Gasteiger partial charge >= 0.3 is 13.8 Å². The van der Waals surface area contributed by atoms with E-state index in [1.807, 2.05) is 0 Å². The fourth-order valence-corrected chi connectivity index (χ4v) is 5.18. The quantitative estimate of drug-likeness (QED) is 0.164. The summed E-state index contributed by atoms with van der Waals surface area (Å²) >= 11 is 0. The maximum atomic E-state index is 12.7. The number of esters is 1. The lowest BCUT2D eigenvalue weighted by molar-refractivity contribution is -0.135. The molecule has 0 amide bonds. The second-order valence-electron chi connectivity index (χ2n) is 8.18. The van der Waals surface area contributed by atoms with E-state index in [1.54, 1.807) is 6.92 Å². The summed E-state index contributed by atoms with van der Waals surface area (Å²) in [5, 5.41) is 0. The predicted octanol–water partition coefficient (Wildman–Crippen LogP) is 6.70. The van der Waals surface area contributed by atoms with E-state index in [2.05, 4.69) is 6.92 Å². The molecule has 0 spiro atoms. The highest BCUT2D eigenvalue weighted by Crippen LogP contribution is 2.54. The van der Waals surface area contributed by atoms with Crippen LogP contribution in [0.3, 0.4) is 0 Å². The van der Waals surface area contributed by atoms with Crippen molar-refractivity contribution in [2.75, 3.05) is 19.8 Å². The smallest absolute Gasteiger partial charge is 0.461 e. The Bertz CT molecular complexity index is 574. The summed E-state index contributed by atoms with van der Waals surface area (Å²) in [6, 6.07) is 0. The minimum Gasteiger partial charge on any atom is -0.461 e. The summed E-state index contributed by atoms with van der Waals surface area (Å²) in [6.07, 6.45) is 16.5. The number of ether oxygens (including phenoxy) is 1. The number of rotatable bonds is 15. The van der Waals surface area contributed by atoms with Crippen molar-refractivity contribution < 1.29 is 27.7 Å². The van der Waals surface area contributed by atoms with Gasteiger partial charge in [-0.25, -0.2) is 9.36 Å². The predicted molar refractivity (Wildman–Crippen MR) is 113 cm³/mol. The Balaban J connectivity index is 1.47. The number of fused-ring (bicyclic) bond motifs is 1. The molecule has 0 saturated carbocycles. The monoisotopic (exact) mass is 430 g/mol. The van der Waals surface area contributed by atoms with Crippen molar-refractivity contribution >= 4 is 13.8 Å². The lowest BCUT2D eigenvalue weighted by Crippen LogP contribution is -2.10. The van der Waals surface area contributed by atoms with Crippen molar-refractivity contribution in [3.05, 3.63) is 11.3 Å². The minimum atomic E-state index is -3.64. The van der Waals surface area contributed by atoms with Crippen molar-refractivity contribution in [2.24, 2.45) is 5.92 Å². The van der Waals surface area contributed by atoms with Crippen LogP contribution in [0.1, 0.15) is 97.3 Å². The summed E-state index contributed by atoms with van der Waals surface area (Å²) in [5.74, 6) is -0.344. The van der Waals surface area contributed by atoms with Gasteiger partial charge in [-0.15, -0.1) is 0 Å². The highest BCUT2D eigenvalue weighted by Gasteiger charge is 2.42. The molecular formula is C22H39O6P. The van der Waals surface area contributed by atoms with Gasteiger partial charge in [-0.1, -0.05) is 84.0 Å². The van der Waals surface area contributed by atoms with E-state index >= 15 is 0 Å². The van der Waals surface area contributed by atoms with E-state index in [9.17, 15) is 9.36 Å². The molecule has 0 aromatic carbocycles. The molecule has 2 rings (SSSR count). The Morgan fingerprint density at radius 3 is 2.03 bits per heavy atom. The maximum Gasteiger partial charge on any atom is 0.529 e. The van der Waals surface area contributed by atoms with Gasteiger partial charge in [0.05, 0.1) is 24.7 Å². The molecule has 2 aliphatic rings. The average Bonchev–Trinajstić information content (AvgIpc) is 3.01. The zero-order valence-corrected chi connectivity index (χ0v) is 19.2. The first-order valence-corrected chi connectivity index (χ1v) is 13.0. The molecule has 0 N–H and O–H groups in total. The normalized spacial score (nSPS) is 24.2. The van der Waals surface area contributed by atoms with Gasteiger partial charge in [-0.05, 0) is 13.3 Å². The number of carbonyl (C=O) groups is 1. The average molecular weight is 431 g/mol. The van der Waals surface area contributed by atoms with Crippen LogP contribution in [0.4, 0.5) is 0 Å². The van der Waals surface area contributed by atoms with Crippen LogP contribution in [0.15, 0.2) is 11.3 Å². The molecule has 1 saturated heterocycles. The van der Waals surface area contributed by atoms with Gasteiger partial charge in [0.1, 0.15) is 12.4 Å². The molecule has 6 nitrogen and oxygen atoms in total. The Kier molecular flexibility index (Phi) is 11.3. The van der Waals surface area contributed by atoms with Gasteiger partial charge in [-0.3, -0.25) is 9.05 Å². The molecule has 168 valence electrons. The second-order valence-corrected chi connectivity index (χ2v) is 9.77. The first-order chi connectivity index (χ1) is 14.1. The van der Waals surface area contributed by atoms with Gasteiger partial charge < -0.3 is 9.26 Å². The molecule has 2 atom stereocenters. The molecule has 1 fully saturated rings. The van der Waals surface area contributed by atoms with E-state index in [4.69, 9.17) is 18.3 Å². The number of cyclic esters (lactones) is 1. The Morgan fingerprint density at radius 1 is 0.897 bits per heavy atom. The van der Waals surface area contributed by atoms with Gasteiger partial charge in [0.15, 0.2) is 0 Å². The van der Waals surface area contributed by atoms with Crippen molar-refractivity contribution in [3.63, 3.8) is 0 Å². The lowest BCUT2D eigenvalue weighted by atomic mass is 10.0. The Labute approximate surface area is 176 Å². The lowest BCUT2D eigenvalue weighted by Gasteiger charge is -2.17. The third-order valence-corrected chi connectivity index (χ3v) is 7.06. The number of unbranched alkanes of at least 4 members (excludes halogenated alkanes) is 12. The number of phosphoric ester groups is 1. The van der Waals surface area contributed by atoms with E-state index in [1.165, 1.54) is 70.6 Å². The number of hydrogen-bond donors (Lipinski definition) is 0. The number of allylic oxidation sites excluding steroid dienone is 1. The number of carbonyl (C=O) groups excluding carboxylic acids is 1. The van der Waals surface area contributed by atoms with Crippen LogP contribution in [0, 0.1) is 5.92 Å². The first-order valence-electron chi connectivity index (χ1n) is 11.5. The van der Waals surface area contributed by atoms with Crippen LogP contribution in [0.25, 0.3) is 0 Å². The van der Waals surface area contributed by atoms with E-state index in [-0.39, 0.29) is 19.1 Å². The zero-order chi connectivity index (χ0) is 21.0. The molecule has 7 heteroatoms. The summed E-state index contributed by atoms with van der Waals surface area (Å²) in [5.41, 5.74) is 0.423. The van der Waals surface area contributed by atoms with Gasteiger partial charge in [0, 0.05) is 0 Å². The van der Waals surface area contributed by atoms with Crippen LogP contribution in [-0.2, 0) is 27.7 Å². The standard InChI is InChI=1S/C22H39O6P/c1-3-4-5-6-7-8-9-10-11-12-13-14-15-16-26-29(24)27-18-20-17-25-22(23)21(20)19(2)28-29/h20H,3-18H2,1-2H3/t20-,29+/m1/s1. The van der Waals surface area contributed by atoms with Crippen LogP contribution in [0.2, 0.25) is 0 Å². The maximum absolute atomic E-state index is 12.7. The Hall–Kier alpha value is -0.840. The molecule has 2 heterocycles. The number of hydrogen-bond acceptors (Lipinski definition) is 6. The van der Waals surface area contributed by atoms with Crippen molar-refractivity contribution in [1.82, 2.24) is 0 Å². The largest absolute Gasteiger partial charge is 0.529 e. The fourth-order valence-electron chi connectivity index (χ4n) is 3.85. The Morgan fingerprint density at radius 2 is 1.45 bits per heavy atom. The third kappa shape index (κ3) is 8.82. The van der Waals surface area contributed by atoms with Crippen molar-refractivity contribution in [3.8, 4) is 0 Å². The summed E-state index contributed by atoms with van der Waals surface area (Å²) in [7, 11) is -3.64. The summed E-state index contributed by atoms with van der Waals surface area (Å²) < 4.78 is 33.9. The highest BCUT2D eigenvalue weighted by molar-refractivity contribution is 7.48. The van der Waals surface area contributed by atoms with E-state index in [0.29, 0.717) is 17.9 Å². The minimum absolute atomic E-state index is 0.119. The van der Waals surface area contributed by atoms with Gasteiger partial charge in [-0.2, -0.15) is 0 Å². The fraction of sp³-hybridized carbons (Fsp3) is 0.864. The van der Waals surface area contributed by atoms with Crippen LogP contribution in [0.5, 0.6) is 0 Å². The molecule has 2 aliphatic heterocycles. The number of phosphoric acid groups is 1. The van der Waals surface area contributed by atoms with E-state index < -0.39 is 13.8 Å².